The van der Waals surface area contributed by atoms with Gasteiger partial charge in [-0.25, -0.2) is 8.42 Å². The number of hydrogen-bond donors (Lipinski definition) is 4. The van der Waals surface area contributed by atoms with Crippen molar-refractivity contribution in [2.24, 2.45) is 0 Å². The van der Waals surface area contributed by atoms with Gasteiger partial charge in [-0.05, 0) is 36.4 Å². The Morgan fingerprint density at radius 1 is 0.780 bits per heavy atom. The molecule has 0 amide bonds. The Labute approximate surface area is 240 Å². The number of carbonyl (C=O) groups excluding carboxylic acids is 2. The number of fused-ring (bicyclic) bond motifs is 2. The van der Waals surface area contributed by atoms with Crippen LogP contribution in [0.15, 0.2) is 64.4 Å². The lowest BCUT2D eigenvalue weighted by molar-refractivity contribution is 0.0980. The van der Waals surface area contributed by atoms with Crippen molar-refractivity contribution in [1.82, 2.24) is 0 Å². The molecule has 218 valence electrons. The van der Waals surface area contributed by atoms with Gasteiger partial charge in [-0.3, -0.25) is 18.7 Å². The molecule has 0 aliphatic heterocycles. The fourth-order valence-corrected chi connectivity index (χ4v) is 8.33. The van der Waals surface area contributed by atoms with Crippen molar-refractivity contribution in [2.75, 3.05) is 34.1 Å². The van der Waals surface area contributed by atoms with Gasteiger partial charge in [0.25, 0.3) is 20.2 Å². The van der Waals surface area contributed by atoms with E-state index in [-0.39, 0.29) is 50.9 Å². The summed E-state index contributed by atoms with van der Waals surface area (Å²) in [6, 6.07) is 12.3. The lowest BCUT2D eigenvalue weighted by Gasteiger charge is -2.23. The zero-order valence-electron chi connectivity index (χ0n) is 21.1. The molecule has 5 N–H and O–H groups in total. The molecule has 0 fully saturated rings. The highest BCUT2D eigenvalue weighted by Gasteiger charge is 2.36. The summed E-state index contributed by atoms with van der Waals surface area (Å²) >= 11 is 1.21. The number of carbonyl (C=O) groups is 2. The van der Waals surface area contributed by atoms with Crippen LogP contribution in [0.1, 0.15) is 38.3 Å². The maximum atomic E-state index is 13.4. The number of nitrogen functional groups attached to an aromatic ring is 1. The van der Waals surface area contributed by atoms with Crippen molar-refractivity contribution in [3.63, 3.8) is 0 Å². The molecular weight excluding hydrogens is 617 g/mol. The quantitative estimate of drug-likeness (QED) is 0.106. The van der Waals surface area contributed by atoms with E-state index in [1.165, 1.54) is 54.2 Å². The SMILES string of the molecule is Nc1c(S(=O)(=O)O)cc(Nc2cccc(S(=O)(=O)CCSCCCS(=O)(=O)O)c2)c2c1C(=O)c1ccccc1C2=O. The van der Waals surface area contributed by atoms with Crippen LogP contribution in [0.3, 0.4) is 0 Å². The van der Waals surface area contributed by atoms with E-state index in [0.717, 1.165) is 6.07 Å². The minimum atomic E-state index is -4.93. The molecule has 0 aromatic heterocycles. The third kappa shape index (κ3) is 6.79. The molecular formula is C25H24N2O10S4. The third-order valence-corrected chi connectivity index (χ3v) is 10.9. The van der Waals surface area contributed by atoms with Crippen LogP contribution in [0.2, 0.25) is 0 Å². The second-order valence-corrected chi connectivity index (χ2v) is 15.3. The number of ketones is 2. The molecule has 0 saturated heterocycles. The topological polar surface area (TPSA) is 215 Å². The van der Waals surface area contributed by atoms with Gasteiger partial charge in [-0.1, -0.05) is 30.3 Å². The van der Waals surface area contributed by atoms with Crippen LogP contribution in [0.5, 0.6) is 0 Å². The Hall–Kier alpha value is -3.28. The number of benzene rings is 3. The number of sulfone groups is 1. The zero-order chi connectivity index (χ0) is 30.2. The molecule has 0 bridgehead atoms. The number of anilines is 3. The highest BCUT2D eigenvalue weighted by molar-refractivity contribution is 8.00. The monoisotopic (exact) mass is 640 g/mol. The van der Waals surface area contributed by atoms with Crippen LogP contribution < -0.4 is 11.1 Å². The molecule has 4 rings (SSSR count). The number of thioether (sulfide) groups is 1. The summed E-state index contributed by atoms with van der Waals surface area (Å²) in [4.78, 5) is 25.9. The van der Waals surface area contributed by atoms with E-state index in [9.17, 15) is 39.4 Å². The Bertz CT molecular complexity index is 1890. The largest absolute Gasteiger partial charge is 0.397 e. The summed E-state index contributed by atoms with van der Waals surface area (Å²) in [6.07, 6.45) is 0.159. The minimum Gasteiger partial charge on any atom is -0.397 e. The van der Waals surface area contributed by atoms with E-state index in [4.69, 9.17) is 10.3 Å². The maximum absolute atomic E-state index is 13.4. The minimum absolute atomic E-state index is 0.0130. The molecule has 3 aromatic carbocycles. The van der Waals surface area contributed by atoms with E-state index < -0.39 is 63.5 Å². The highest BCUT2D eigenvalue weighted by Crippen LogP contribution is 2.40. The van der Waals surface area contributed by atoms with E-state index in [1.807, 2.05) is 0 Å². The molecule has 41 heavy (non-hydrogen) atoms. The normalized spacial score (nSPS) is 13.5. The van der Waals surface area contributed by atoms with Crippen LogP contribution in [-0.2, 0) is 30.1 Å². The Kier molecular flexibility index (Phi) is 8.63. The predicted molar refractivity (Wildman–Crippen MR) is 154 cm³/mol. The molecule has 16 heteroatoms. The molecule has 0 spiro atoms. The second-order valence-electron chi connectivity index (χ2n) is 8.99. The zero-order valence-corrected chi connectivity index (χ0v) is 24.4. The Morgan fingerprint density at radius 3 is 2.02 bits per heavy atom. The molecule has 0 heterocycles. The Morgan fingerprint density at radius 2 is 1.41 bits per heavy atom. The maximum Gasteiger partial charge on any atom is 0.296 e. The first-order valence-electron chi connectivity index (χ1n) is 11.9. The summed E-state index contributed by atoms with van der Waals surface area (Å²) in [5.74, 6) is -1.56. The van der Waals surface area contributed by atoms with Crippen LogP contribution >= 0.6 is 11.8 Å². The van der Waals surface area contributed by atoms with Gasteiger partial charge in [0.15, 0.2) is 21.4 Å². The standard InChI is InChI=1S/C25H24N2O10S4/c26-23-20(41(35,36)37)14-19(21-22(23)25(29)18-8-2-1-7-17(18)24(21)28)27-15-5-3-6-16(13-15)39(30,31)12-10-38-9-4-11-40(32,33)34/h1-3,5-8,13-14,27H,4,9-12,26H2,(H,32,33,34)(H,35,36,37). The van der Waals surface area contributed by atoms with Crippen LogP contribution in [0, 0.1) is 0 Å². The van der Waals surface area contributed by atoms with Gasteiger partial charge in [-0.2, -0.15) is 28.6 Å². The van der Waals surface area contributed by atoms with Crippen molar-refractivity contribution in [3.8, 4) is 0 Å². The Balaban J connectivity index is 1.66. The summed E-state index contributed by atoms with van der Waals surface area (Å²) in [5.41, 5.74) is 4.79. The van der Waals surface area contributed by atoms with Crippen molar-refractivity contribution in [1.29, 1.82) is 0 Å². The first kappa shape index (κ1) is 30.7. The first-order valence-corrected chi connectivity index (χ1v) is 17.7. The molecule has 12 nitrogen and oxygen atoms in total. The fraction of sp³-hybridized carbons (Fsp3) is 0.200. The van der Waals surface area contributed by atoms with E-state index in [0.29, 0.717) is 5.75 Å². The smallest absolute Gasteiger partial charge is 0.296 e. The van der Waals surface area contributed by atoms with Crippen molar-refractivity contribution < 1.29 is 43.9 Å². The number of nitrogens with two attached hydrogens (primary N) is 1. The lowest BCUT2D eigenvalue weighted by atomic mass is 9.82. The molecule has 0 saturated carbocycles. The first-order chi connectivity index (χ1) is 19.1. The summed E-state index contributed by atoms with van der Waals surface area (Å²) in [5, 5.41) is 2.81. The lowest BCUT2D eigenvalue weighted by Crippen LogP contribution is -2.25. The predicted octanol–water partition coefficient (Wildman–Crippen LogP) is 2.82. The average Bonchev–Trinajstić information content (AvgIpc) is 2.89. The van der Waals surface area contributed by atoms with Gasteiger partial charge in [-0.15, -0.1) is 0 Å². The average molecular weight is 641 g/mol. The van der Waals surface area contributed by atoms with E-state index in [2.05, 4.69) is 5.32 Å². The third-order valence-electron chi connectivity index (χ3n) is 6.14. The van der Waals surface area contributed by atoms with Gasteiger partial charge in [0, 0.05) is 22.6 Å². The molecule has 1 aliphatic carbocycles. The van der Waals surface area contributed by atoms with Crippen LogP contribution in [-0.4, -0.2) is 68.9 Å². The van der Waals surface area contributed by atoms with Crippen molar-refractivity contribution >= 4 is 70.5 Å². The summed E-state index contributed by atoms with van der Waals surface area (Å²) in [6.45, 7) is 0. The molecule has 1 aliphatic rings. The van der Waals surface area contributed by atoms with E-state index >= 15 is 0 Å². The highest BCUT2D eigenvalue weighted by atomic mass is 32.2. The second kappa shape index (κ2) is 11.5. The van der Waals surface area contributed by atoms with Gasteiger partial charge in [0.05, 0.1) is 38.9 Å². The van der Waals surface area contributed by atoms with Crippen LogP contribution in [0.25, 0.3) is 0 Å². The summed E-state index contributed by atoms with van der Waals surface area (Å²) in [7, 11) is -12.8. The number of hydrogen-bond acceptors (Lipinski definition) is 11. The number of rotatable bonds is 11. The molecule has 0 unspecified atom stereocenters. The fourth-order valence-electron chi connectivity index (χ4n) is 4.26. The molecule has 3 aromatic rings. The molecule has 0 radical (unpaired) electrons. The molecule has 0 atom stereocenters. The van der Waals surface area contributed by atoms with Crippen molar-refractivity contribution in [2.45, 2.75) is 16.2 Å². The number of nitrogens with one attached hydrogen (secondary N) is 1. The van der Waals surface area contributed by atoms with Crippen LogP contribution in [0.4, 0.5) is 17.1 Å². The van der Waals surface area contributed by atoms with Crippen molar-refractivity contribution in [3.05, 3.63) is 76.9 Å². The summed E-state index contributed by atoms with van der Waals surface area (Å²) < 4.78 is 90.2. The van der Waals surface area contributed by atoms with Gasteiger partial charge in [0.1, 0.15) is 4.90 Å². The van der Waals surface area contributed by atoms with Gasteiger partial charge < -0.3 is 11.1 Å². The van der Waals surface area contributed by atoms with Gasteiger partial charge in [0.2, 0.25) is 0 Å². The van der Waals surface area contributed by atoms with Gasteiger partial charge >= 0.3 is 0 Å². The van der Waals surface area contributed by atoms with E-state index in [1.54, 1.807) is 6.07 Å².